The molecule has 0 amide bonds. The molecule has 1 heterocycles. The molecule has 1 aliphatic heterocycles. The fraction of sp³-hybridized carbons (Fsp3) is 0.321. The fourth-order valence-corrected chi connectivity index (χ4v) is 4.17. The molecule has 3 aromatic carbocycles. The summed E-state index contributed by atoms with van der Waals surface area (Å²) in [5.41, 5.74) is 3.60. The first-order valence-corrected chi connectivity index (χ1v) is 11.8. The Labute approximate surface area is 201 Å². The van der Waals surface area contributed by atoms with Crippen LogP contribution in [0.25, 0.3) is 0 Å². The number of benzene rings is 3. The highest BCUT2D eigenvalue weighted by atomic mass is 16.5. The third-order valence-electron chi connectivity index (χ3n) is 5.93. The molecule has 1 fully saturated rings. The Morgan fingerprint density at radius 3 is 2.09 bits per heavy atom. The quantitative estimate of drug-likeness (QED) is 0.483. The zero-order chi connectivity index (χ0) is 23.6. The van der Waals surface area contributed by atoms with Gasteiger partial charge in [-0.1, -0.05) is 54.6 Å². The molecule has 0 spiro atoms. The fourth-order valence-electron chi connectivity index (χ4n) is 4.17. The molecule has 1 aliphatic rings. The summed E-state index contributed by atoms with van der Waals surface area (Å²) in [6.07, 6.45) is 1.12. The van der Waals surface area contributed by atoms with E-state index >= 15 is 0 Å². The highest BCUT2D eigenvalue weighted by molar-refractivity contribution is 5.68. The third kappa shape index (κ3) is 7.61. The van der Waals surface area contributed by atoms with E-state index in [0.29, 0.717) is 12.4 Å². The molecule has 0 radical (unpaired) electrons. The maximum Gasteiger partial charge on any atom is 0.341 e. The van der Waals surface area contributed by atoms with Crippen molar-refractivity contribution in [2.75, 3.05) is 32.8 Å². The summed E-state index contributed by atoms with van der Waals surface area (Å²) in [5, 5.41) is 8.80. The van der Waals surface area contributed by atoms with E-state index in [4.69, 9.17) is 14.6 Å². The molecule has 0 bridgehead atoms. The highest BCUT2D eigenvalue weighted by Crippen LogP contribution is 2.18. The lowest BCUT2D eigenvalue weighted by Gasteiger charge is -2.22. The summed E-state index contributed by atoms with van der Waals surface area (Å²) in [6, 6.07) is 26.4. The molecule has 0 atom stereocenters. The smallest absolute Gasteiger partial charge is 0.341 e. The minimum atomic E-state index is -0.965. The Bertz CT molecular complexity index is 1040. The minimum absolute atomic E-state index is 0.317. The Balaban J connectivity index is 1.23. The van der Waals surface area contributed by atoms with Crippen LogP contribution in [0.2, 0.25) is 0 Å². The lowest BCUT2D eigenvalue weighted by molar-refractivity contribution is -0.139. The molecule has 178 valence electrons. The van der Waals surface area contributed by atoms with Crippen molar-refractivity contribution in [3.05, 3.63) is 95.6 Å². The first-order chi connectivity index (χ1) is 16.6. The summed E-state index contributed by atoms with van der Waals surface area (Å²) < 4.78 is 11.2. The van der Waals surface area contributed by atoms with Crippen LogP contribution in [0.4, 0.5) is 0 Å². The second-order valence-electron chi connectivity index (χ2n) is 8.65. The van der Waals surface area contributed by atoms with E-state index in [1.165, 1.54) is 11.1 Å². The number of carboxylic acids is 1. The Hall–Kier alpha value is -3.35. The number of ether oxygens (including phenoxy) is 2. The van der Waals surface area contributed by atoms with Crippen molar-refractivity contribution in [2.24, 2.45) is 0 Å². The van der Waals surface area contributed by atoms with Crippen molar-refractivity contribution in [1.82, 2.24) is 9.80 Å². The summed E-state index contributed by atoms with van der Waals surface area (Å²) in [6.45, 7) is 6.17. The number of hydrogen-bond acceptors (Lipinski definition) is 5. The number of carbonyl (C=O) groups is 1. The Morgan fingerprint density at radius 2 is 1.38 bits per heavy atom. The minimum Gasteiger partial charge on any atom is -0.489 e. The normalized spacial score (nSPS) is 14.9. The molecule has 6 nitrogen and oxygen atoms in total. The van der Waals surface area contributed by atoms with Gasteiger partial charge in [0.15, 0.2) is 6.61 Å². The SMILES string of the molecule is O=C(O)COc1cccc(CN2CCCN(Cc3ccc(OCc4ccccc4)cc3)CC2)c1. The van der Waals surface area contributed by atoms with Gasteiger partial charge in [-0.3, -0.25) is 9.80 Å². The van der Waals surface area contributed by atoms with Crippen LogP contribution in [0.3, 0.4) is 0 Å². The van der Waals surface area contributed by atoms with Crippen LogP contribution in [0.15, 0.2) is 78.9 Å². The first kappa shape index (κ1) is 23.8. The molecule has 1 saturated heterocycles. The van der Waals surface area contributed by atoms with Crippen molar-refractivity contribution >= 4 is 5.97 Å². The molecular weight excluding hydrogens is 428 g/mol. The van der Waals surface area contributed by atoms with Gasteiger partial charge in [0.2, 0.25) is 0 Å². The molecule has 6 heteroatoms. The van der Waals surface area contributed by atoms with Gasteiger partial charge in [-0.2, -0.15) is 0 Å². The van der Waals surface area contributed by atoms with Crippen LogP contribution < -0.4 is 9.47 Å². The molecule has 0 unspecified atom stereocenters. The van der Waals surface area contributed by atoms with Gasteiger partial charge >= 0.3 is 5.97 Å². The second-order valence-corrected chi connectivity index (χ2v) is 8.65. The van der Waals surface area contributed by atoms with Crippen LogP contribution in [0.1, 0.15) is 23.1 Å². The van der Waals surface area contributed by atoms with Crippen LogP contribution in [0, 0.1) is 0 Å². The summed E-state index contributed by atoms with van der Waals surface area (Å²) in [5.74, 6) is 0.532. The summed E-state index contributed by atoms with van der Waals surface area (Å²) >= 11 is 0. The predicted octanol–water partition coefficient (Wildman–Crippen LogP) is 4.44. The topological polar surface area (TPSA) is 62.2 Å². The van der Waals surface area contributed by atoms with E-state index in [2.05, 4.69) is 52.3 Å². The number of carboxylic acid groups (broad SMARTS) is 1. The molecule has 0 saturated carbocycles. The number of nitrogens with zero attached hydrogens (tertiary/aromatic N) is 2. The predicted molar refractivity (Wildman–Crippen MR) is 132 cm³/mol. The van der Waals surface area contributed by atoms with E-state index in [-0.39, 0.29) is 6.61 Å². The van der Waals surface area contributed by atoms with Gasteiger partial charge in [0, 0.05) is 26.2 Å². The standard InChI is InChI=1S/C28H32N2O4/c31-28(32)22-34-27-9-4-8-25(18-27)20-30-15-5-14-29(16-17-30)19-23-10-12-26(13-11-23)33-21-24-6-2-1-3-7-24/h1-4,6-13,18H,5,14-17,19-22H2,(H,31,32). The van der Waals surface area contributed by atoms with Gasteiger partial charge < -0.3 is 14.6 Å². The molecule has 3 aromatic rings. The molecule has 1 N–H and O–H groups in total. The number of aliphatic carboxylic acids is 1. The van der Waals surface area contributed by atoms with E-state index in [9.17, 15) is 4.79 Å². The zero-order valence-electron chi connectivity index (χ0n) is 19.4. The number of rotatable bonds is 10. The summed E-state index contributed by atoms with van der Waals surface area (Å²) in [7, 11) is 0. The van der Waals surface area contributed by atoms with Gasteiger partial charge in [-0.15, -0.1) is 0 Å². The molecule has 0 aromatic heterocycles. The van der Waals surface area contributed by atoms with E-state index in [1.54, 1.807) is 6.07 Å². The Morgan fingerprint density at radius 1 is 0.706 bits per heavy atom. The monoisotopic (exact) mass is 460 g/mol. The van der Waals surface area contributed by atoms with Gasteiger partial charge in [0.1, 0.15) is 18.1 Å². The zero-order valence-corrected chi connectivity index (χ0v) is 19.4. The average Bonchev–Trinajstić information content (AvgIpc) is 3.08. The van der Waals surface area contributed by atoms with Gasteiger partial charge in [0.05, 0.1) is 0 Å². The van der Waals surface area contributed by atoms with Crippen LogP contribution in [-0.4, -0.2) is 53.7 Å². The molecular formula is C28H32N2O4. The van der Waals surface area contributed by atoms with Crippen LogP contribution >= 0.6 is 0 Å². The van der Waals surface area contributed by atoms with E-state index in [0.717, 1.165) is 57.0 Å². The molecule has 0 aliphatic carbocycles. The molecule has 34 heavy (non-hydrogen) atoms. The van der Waals surface area contributed by atoms with Gasteiger partial charge in [0.25, 0.3) is 0 Å². The average molecular weight is 461 g/mol. The third-order valence-corrected chi connectivity index (χ3v) is 5.93. The van der Waals surface area contributed by atoms with Crippen molar-refractivity contribution < 1.29 is 19.4 Å². The first-order valence-electron chi connectivity index (χ1n) is 11.8. The Kier molecular flexibility index (Phi) is 8.54. The summed E-state index contributed by atoms with van der Waals surface area (Å²) in [4.78, 5) is 15.7. The van der Waals surface area contributed by atoms with Crippen molar-refractivity contribution in [2.45, 2.75) is 26.1 Å². The maximum atomic E-state index is 10.7. The van der Waals surface area contributed by atoms with Crippen LogP contribution in [-0.2, 0) is 24.5 Å². The van der Waals surface area contributed by atoms with Gasteiger partial charge in [-0.05, 0) is 60.5 Å². The van der Waals surface area contributed by atoms with E-state index < -0.39 is 5.97 Å². The highest BCUT2D eigenvalue weighted by Gasteiger charge is 2.15. The molecule has 4 rings (SSSR count). The van der Waals surface area contributed by atoms with Crippen molar-refractivity contribution in [1.29, 1.82) is 0 Å². The van der Waals surface area contributed by atoms with E-state index in [1.807, 2.05) is 30.3 Å². The van der Waals surface area contributed by atoms with Crippen molar-refractivity contribution in [3.63, 3.8) is 0 Å². The van der Waals surface area contributed by atoms with Gasteiger partial charge in [-0.25, -0.2) is 4.79 Å². The number of hydrogen-bond donors (Lipinski definition) is 1. The largest absolute Gasteiger partial charge is 0.489 e. The second kappa shape index (κ2) is 12.2. The lowest BCUT2D eigenvalue weighted by Crippen LogP contribution is -2.30. The van der Waals surface area contributed by atoms with Crippen molar-refractivity contribution in [3.8, 4) is 11.5 Å². The van der Waals surface area contributed by atoms with Crippen LogP contribution in [0.5, 0.6) is 11.5 Å². The lowest BCUT2D eigenvalue weighted by atomic mass is 10.2. The maximum absolute atomic E-state index is 10.7.